The smallest absolute Gasteiger partial charge is 0.0828 e. The first-order valence-electron chi connectivity index (χ1n) is 6.71. The quantitative estimate of drug-likeness (QED) is 0.812. The Morgan fingerprint density at radius 1 is 1.37 bits per heavy atom. The number of aryl methyl sites for hydroxylation is 3. The molecule has 1 atom stereocenters. The number of nitrogen functional groups attached to an aromatic ring is 1. The van der Waals surface area contributed by atoms with Crippen molar-refractivity contribution in [3.05, 3.63) is 40.7 Å². The van der Waals surface area contributed by atoms with Crippen LogP contribution in [-0.4, -0.2) is 9.78 Å². The number of aromatic nitrogens is 2. The lowest BCUT2D eigenvalue weighted by atomic mass is 10.1. The molecule has 0 bridgehead atoms. The van der Waals surface area contributed by atoms with Crippen LogP contribution in [0.3, 0.4) is 0 Å². The standard InChI is InChI=1S/C15H20N4/c1-9-15(10(2)19(3)18-9)17-14-7-4-11-8-12(16)5-6-13(11)14/h5-6,8,14,17H,4,7,16H2,1-3H3. The minimum atomic E-state index is 0.372. The Hall–Kier alpha value is -1.97. The average molecular weight is 256 g/mol. The Kier molecular flexibility index (Phi) is 2.73. The lowest BCUT2D eigenvalue weighted by Crippen LogP contribution is -2.08. The molecule has 1 aromatic heterocycles. The molecule has 1 aliphatic carbocycles. The normalized spacial score (nSPS) is 17.5. The SMILES string of the molecule is Cc1nn(C)c(C)c1NC1CCc2cc(N)ccc21. The van der Waals surface area contributed by atoms with Gasteiger partial charge >= 0.3 is 0 Å². The molecule has 19 heavy (non-hydrogen) atoms. The summed E-state index contributed by atoms with van der Waals surface area (Å²) in [5.74, 6) is 0. The molecule has 100 valence electrons. The fourth-order valence-corrected chi connectivity index (χ4v) is 2.94. The molecule has 0 amide bonds. The van der Waals surface area contributed by atoms with E-state index in [0.717, 1.165) is 29.9 Å². The molecule has 0 radical (unpaired) electrons. The lowest BCUT2D eigenvalue weighted by Gasteiger charge is -2.16. The molecule has 1 unspecified atom stereocenters. The number of nitrogens with one attached hydrogen (secondary N) is 1. The summed E-state index contributed by atoms with van der Waals surface area (Å²) in [4.78, 5) is 0. The van der Waals surface area contributed by atoms with E-state index in [9.17, 15) is 0 Å². The summed E-state index contributed by atoms with van der Waals surface area (Å²) in [6.45, 7) is 4.15. The zero-order chi connectivity index (χ0) is 13.6. The van der Waals surface area contributed by atoms with E-state index in [2.05, 4.69) is 29.5 Å². The van der Waals surface area contributed by atoms with E-state index in [4.69, 9.17) is 5.73 Å². The summed E-state index contributed by atoms with van der Waals surface area (Å²) in [6.07, 6.45) is 2.21. The second-order valence-electron chi connectivity index (χ2n) is 5.36. The zero-order valence-corrected chi connectivity index (χ0v) is 11.7. The summed E-state index contributed by atoms with van der Waals surface area (Å²) >= 11 is 0. The van der Waals surface area contributed by atoms with Gasteiger partial charge in [-0.3, -0.25) is 4.68 Å². The Labute approximate surface area is 113 Å². The number of hydrogen-bond donors (Lipinski definition) is 2. The molecule has 4 nitrogen and oxygen atoms in total. The van der Waals surface area contributed by atoms with Gasteiger partial charge in [0.15, 0.2) is 0 Å². The zero-order valence-electron chi connectivity index (χ0n) is 11.7. The Bertz CT molecular complexity index is 627. The molecule has 0 saturated heterocycles. The molecule has 3 rings (SSSR count). The van der Waals surface area contributed by atoms with Gasteiger partial charge in [-0.05, 0) is 49.9 Å². The van der Waals surface area contributed by atoms with Crippen molar-refractivity contribution in [2.24, 2.45) is 7.05 Å². The first-order chi connectivity index (χ1) is 9.06. The number of nitrogens with zero attached hydrogens (tertiary/aromatic N) is 2. The summed E-state index contributed by atoms with van der Waals surface area (Å²) in [5.41, 5.74) is 12.9. The van der Waals surface area contributed by atoms with Gasteiger partial charge < -0.3 is 11.1 Å². The molecule has 0 aliphatic heterocycles. The maximum absolute atomic E-state index is 5.85. The second-order valence-corrected chi connectivity index (χ2v) is 5.36. The molecule has 0 fully saturated rings. The Morgan fingerprint density at radius 3 is 2.84 bits per heavy atom. The van der Waals surface area contributed by atoms with E-state index in [1.165, 1.54) is 16.8 Å². The number of fused-ring (bicyclic) bond motifs is 1. The molecule has 4 heteroatoms. The van der Waals surface area contributed by atoms with Crippen LogP contribution in [0.4, 0.5) is 11.4 Å². The third kappa shape index (κ3) is 1.97. The molecule has 1 heterocycles. The minimum absolute atomic E-state index is 0.372. The van der Waals surface area contributed by atoms with Gasteiger partial charge in [0.1, 0.15) is 0 Å². The van der Waals surface area contributed by atoms with Gasteiger partial charge in [0.25, 0.3) is 0 Å². The molecule has 1 aromatic carbocycles. The van der Waals surface area contributed by atoms with Gasteiger partial charge in [0, 0.05) is 12.7 Å². The van der Waals surface area contributed by atoms with Crippen LogP contribution < -0.4 is 11.1 Å². The van der Waals surface area contributed by atoms with E-state index < -0.39 is 0 Å². The predicted molar refractivity (Wildman–Crippen MR) is 78.2 cm³/mol. The van der Waals surface area contributed by atoms with E-state index >= 15 is 0 Å². The summed E-state index contributed by atoms with van der Waals surface area (Å²) in [6, 6.07) is 6.61. The van der Waals surface area contributed by atoms with E-state index in [-0.39, 0.29) is 0 Å². The molecule has 0 spiro atoms. The third-order valence-corrected chi connectivity index (χ3v) is 4.07. The number of hydrogen-bond acceptors (Lipinski definition) is 3. The van der Waals surface area contributed by atoms with Crippen molar-refractivity contribution in [1.29, 1.82) is 0 Å². The van der Waals surface area contributed by atoms with Gasteiger partial charge in [-0.15, -0.1) is 0 Å². The van der Waals surface area contributed by atoms with Crippen molar-refractivity contribution >= 4 is 11.4 Å². The largest absolute Gasteiger partial charge is 0.399 e. The number of nitrogens with two attached hydrogens (primary N) is 1. The number of rotatable bonds is 2. The highest BCUT2D eigenvalue weighted by Gasteiger charge is 2.24. The molecule has 3 N–H and O–H groups in total. The van der Waals surface area contributed by atoms with Crippen LogP contribution in [0.2, 0.25) is 0 Å². The van der Waals surface area contributed by atoms with Crippen molar-refractivity contribution < 1.29 is 0 Å². The average Bonchev–Trinajstić information content (AvgIpc) is 2.86. The van der Waals surface area contributed by atoms with Gasteiger partial charge in [-0.1, -0.05) is 6.07 Å². The van der Waals surface area contributed by atoms with Crippen LogP contribution in [0.15, 0.2) is 18.2 Å². The third-order valence-electron chi connectivity index (χ3n) is 4.07. The van der Waals surface area contributed by atoms with E-state index in [0.29, 0.717) is 6.04 Å². The Morgan fingerprint density at radius 2 is 2.16 bits per heavy atom. The van der Waals surface area contributed by atoms with Gasteiger partial charge in [-0.25, -0.2) is 0 Å². The van der Waals surface area contributed by atoms with Gasteiger partial charge in [-0.2, -0.15) is 5.10 Å². The fraction of sp³-hybridized carbons (Fsp3) is 0.400. The molecule has 2 aromatic rings. The minimum Gasteiger partial charge on any atom is -0.399 e. The van der Waals surface area contributed by atoms with Crippen molar-refractivity contribution in [2.75, 3.05) is 11.1 Å². The number of anilines is 2. The first kappa shape index (κ1) is 12.1. The number of benzene rings is 1. The van der Waals surface area contributed by atoms with Crippen molar-refractivity contribution in [2.45, 2.75) is 32.7 Å². The van der Waals surface area contributed by atoms with Crippen molar-refractivity contribution in [3.63, 3.8) is 0 Å². The summed E-state index contributed by atoms with van der Waals surface area (Å²) < 4.78 is 1.93. The lowest BCUT2D eigenvalue weighted by molar-refractivity contribution is 0.729. The predicted octanol–water partition coefficient (Wildman–Crippen LogP) is 2.72. The van der Waals surface area contributed by atoms with Crippen LogP contribution in [0, 0.1) is 13.8 Å². The maximum atomic E-state index is 5.85. The van der Waals surface area contributed by atoms with Crippen LogP contribution in [0.1, 0.15) is 35.0 Å². The highest BCUT2D eigenvalue weighted by atomic mass is 15.3. The first-order valence-corrected chi connectivity index (χ1v) is 6.71. The van der Waals surface area contributed by atoms with Crippen LogP contribution in [0.5, 0.6) is 0 Å². The highest BCUT2D eigenvalue weighted by Crippen LogP contribution is 2.36. The molecular weight excluding hydrogens is 236 g/mol. The summed E-state index contributed by atoms with van der Waals surface area (Å²) in [5, 5.41) is 8.11. The van der Waals surface area contributed by atoms with Crippen molar-refractivity contribution in [1.82, 2.24) is 9.78 Å². The Balaban J connectivity index is 1.91. The monoisotopic (exact) mass is 256 g/mol. The topological polar surface area (TPSA) is 55.9 Å². The van der Waals surface area contributed by atoms with Crippen LogP contribution in [-0.2, 0) is 13.5 Å². The van der Waals surface area contributed by atoms with E-state index in [1.807, 2.05) is 24.7 Å². The second kappa shape index (κ2) is 4.30. The van der Waals surface area contributed by atoms with Crippen molar-refractivity contribution in [3.8, 4) is 0 Å². The fourth-order valence-electron chi connectivity index (χ4n) is 2.94. The van der Waals surface area contributed by atoms with E-state index in [1.54, 1.807) is 0 Å². The molecule has 1 aliphatic rings. The molecular formula is C15H20N4. The molecule has 0 saturated carbocycles. The summed E-state index contributed by atoms with van der Waals surface area (Å²) in [7, 11) is 1.98. The van der Waals surface area contributed by atoms with Crippen LogP contribution in [0.25, 0.3) is 0 Å². The maximum Gasteiger partial charge on any atom is 0.0828 e. The van der Waals surface area contributed by atoms with Gasteiger partial charge in [0.2, 0.25) is 0 Å². The van der Waals surface area contributed by atoms with Crippen LogP contribution >= 0.6 is 0 Å². The van der Waals surface area contributed by atoms with Gasteiger partial charge in [0.05, 0.1) is 23.1 Å². The highest BCUT2D eigenvalue weighted by molar-refractivity contribution is 5.56.